The highest BCUT2D eigenvalue weighted by molar-refractivity contribution is 5.87. The van der Waals surface area contributed by atoms with E-state index in [1.165, 1.54) is 14.2 Å². The Hall–Kier alpha value is -6.18. The molecule has 0 bridgehead atoms. The lowest BCUT2D eigenvalue weighted by Gasteiger charge is -2.29. The number of amides is 4. The Labute approximate surface area is 336 Å². The Bertz CT molecular complexity index is 2000. The first-order chi connectivity index (χ1) is 27.8. The van der Waals surface area contributed by atoms with E-state index < -0.39 is 48.6 Å². The van der Waals surface area contributed by atoms with E-state index in [-0.39, 0.29) is 36.7 Å². The number of carbonyl (C=O) groups is 4. The maximum atomic E-state index is 13.5. The first-order valence-electron chi connectivity index (χ1n) is 19.2. The van der Waals surface area contributed by atoms with Crippen molar-refractivity contribution in [2.45, 2.75) is 76.9 Å². The molecule has 0 saturated carbocycles. The Balaban J connectivity index is 1.09. The molecule has 58 heavy (non-hydrogen) atoms. The van der Waals surface area contributed by atoms with Gasteiger partial charge in [0.05, 0.1) is 62.3 Å². The van der Waals surface area contributed by atoms with Crippen molar-refractivity contribution in [1.82, 2.24) is 40.4 Å². The van der Waals surface area contributed by atoms with Crippen LogP contribution in [0.3, 0.4) is 0 Å². The quantitative estimate of drug-likeness (QED) is 0.127. The number of hydrogen-bond acceptors (Lipinski definition) is 10. The number of carbonyl (C=O) groups excluding carboxylic acids is 4. The lowest BCUT2D eigenvalue weighted by molar-refractivity contribution is -0.136. The zero-order valence-electron chi connectivity index (χ0n) is 33.4. The highest BCUT2D eigenvalue weighted by Gasteiger charge is 2.42. The highest BCUT2D eigenvalue weighted by Crippen LogP contribution is 2.34. The maximum absolute atomic E-state index is 13.5. The summed E-state index contributed by atoms with van der Waals surface area (Å²) >= 11 is 0. The summed E-state index contributed by atoms with van der Waals surface area (Å²) in [7, 11) is 2.49. The number of aliphatic hydroxyl groups excluding tert-OH is 2. The molecular weight excluding hydrogens is 745 g/mol. The van der Waals surface area contributed by atoms with Crippen molar-refractivity contribution in [3.63, 3.8) is 0 Å². The fourth-order valence-corrected chi connectivity index (χ4v) is 7.31. The molecule has 6 N–H and O–H groups in total. The van der Waals surface area contributed by atoms with Crippen molar-refractivity contribution in [2.75, 3.05) is 27.3 Å². The van der Waals surface area contributed by atoms with Crippen LogP contribution in [-0.2, 0) is 19.1 Å². The summed E-state index contributed by atoms with van der Waals surface area (Å²) in [5, 5.41) is 26.2. The molecule has 2 aliphatic rings. The number of hydrogen-bond donors (Lipinski definition) is 6. The van der Waals surface area contributed by atoms with Crippen molar-refractivity contribution >= 4 is 24.0 Å². The molecule has 4 aromatic rings. The van der Waals surface area contributed by atoms with Crippen molar-refractivity contribution < 1.29 is 38.9 Å². The molecule has 4 heterocycles. The fraction of sp³-hybridized carbons (Fsp3) is 0.429. The van der Waals surface area contributed by atoms with Crippen LogP contribution in [0.25, 0.3) is 22.5 Å². The van der Waals surface area contributed by atoms with Crippen LogP contribution < -0.4 is 10.6 Å². The zero-order chi connectivity index (χ0) is 41.7. The lowest BCUT2D eigenvalue weighted by Crippen LogP contribution is -2.51. The van der Waals surface area contributed by atoms with Crippen LogP contribution in [0.2, 0.25) is 0 Å². The van der Waals surface area contributed by atoms with Gasteiger partial charge in [0.25, 0.3) is 0 Å². The monoisotopic (exact) mass is 794 g/mol. The van der Waals surface area contributed by atoms with Gasteiger partial charge in [-0.15, -0.1) is 0 Å². The lowest BCUT2D eigenvalue weighted by atomic mass is 10.0. The molecule has 0 aliphatic carbocycles. The summed E-state index contributed by atoms with van der Waals surface area (Å²) in [5.41, 5.74) is 4.83. The van der Waals surface area contributed by atoms with Gasteiger partial charge in [-0.3, -0.25) is 9.59 Å². The summed E-state index contributed by atoms with van der Waals surface area (Å²) in [5.74, 6) is 6.44. The third-order valence-electron chi connectivity index (χ3n) is 10.5. The summed E-state index contributed by atoms with van der Waals surface area (Å²) in [6.07, 6.45) is 1.15. The van der Waals surface area contributed by atoms with Gasteiger partial charge < -0.3 is 50.1 Å². The molecule has 306 valence electrons. The smallest absolute Gasteiger partial charge is 0.407 e. The van der Waals surface area contributed by atoms with Gasteiger partial charge in [-0.1, -0.05) is 63.8 Å². The topological polar surface area (TPSA) is 215 Å². The van der Waals surface area contributed by atoms with Crippen LogP contribution in [0.4, 0.5) is 9.59 Å². The number of likely N-dealkylation sites (tertiary alicyclic amines) is 2. The Morgan fingerprint density at radius 3 is 1.36 bits per heavy atom. The number of nitrogens with one attached hydrogen (secondary N) is 4. The first-order valence-corrected chi connectivity index (χ1v) is 19.2. The number of alkyl carbamates (subject to hydrolysis) is 2. The molecule has 2 aromatic heterocycles. The molecular formula is C42H50N8O8. The Kier molecular flexibility index (Phi) is 12.8. The maximum Gasteiger partial charge on any atom is 0.407 e. The number of rotatable bonds is 10. The summed E-state index contributed by atoms with van der Waals surface area (Å²) in [4.78, 5) is 69.8. The molecule has 2 fully saturated rings. The van der Waals surface area contributed by atoms with Gasteiger partial charge in [0, 0.05) is 37.1 Å². The minimum absolute atomic E-state index is 0.124. The number of methoxy groups -OCH3 is 2. The van der Waals surface area contributed by atoms with Crippen molar-refractivity contribution in [1.29, 1.82) is 0 Å². The first kappa shape index (κ1) is 41.5. The van der Waals surface area contributed by atoms with Gasteiger partial charge in [0.2, 0.25) is 11.8 Å². The van der Waals surface area contributed by atoms with Gasteiger partial charge in [-0.2, -0.15) is 0 Å². The number of β-amino-alcohol motifs (C(OH)–C–C–N with tert-alkyl or cyclic N) is 2. The van der Waals surface area contributed by atoms with E-state index in [0.29, 0.717) is 24.5 Å². The standard InChI is InChI=1S/C42H50N8O8/c1-23(2)35(47-41(55)57-5)39(53)49-21-29(51)17-33(49)37-43-19-31(45-37)27-13-9-25(10-14-27)7-8-26-11-15-28(16-12-26)32-20-44-38(46-32)34-18-30(52)22-50(34)40(54)36(24(3)4)48-42(56)58-6/h9-16,19-20,23-24,29-30,33-36,51-52H,17-18,21-22H2,1-6H3,(H,43,45)(H,44,46)(H,47,55)(H,48,56)/t29-,30-,33+,34+,35+,36+/m1/s1. The number of aliphatic hydroxyl groups is 2. The van der Waals surface area contributed by atoms with E-state index in [0.717, 1.165) is 33.6 Å². The van der Waals surface area contributed by atoms with Crippen LogP contribution in [-0.4, -0.2) is 116 Å². The summed E-state index contributed by atoms with van der Waals surface area (Å²) in [6.45, 7) is 7.57. The molecule has 6 rings (SSSR count). The number of benzene rings is 2. The van der Waals surface area contributed by atoms with Crippen LogP contribution in [0.15, 0.2) is 60.9 Å². The Morgan fingerprint density at radius 1 is 0.672 bits per heavy atom. The largest absolute Gasteiger partial charge is 0.453 e. The molecule has 6 atom stereocenters. The van der Waals surface area contributed by atoms with E-state index >= 15 is 0 Å². The predicted molar refractivity (Wildman–Crippen MR) is 213 cm³/mol. The van der Waals surface area contributed by atoms with Crippen LogP contribution >= 0.6 is 0 Å². The highest BCUT2D eigenvalue weighted by atomic mass is 16.5. The van der Waals surface area contributed by atoms with E-state index in [2.05, 4.69) is 42.4 Å². The SMILES string of the molecule is COC(=O)N[C@H](C(=O)N1C[C@H](O)C[C@H]1c1ncc(-c2ccc(C#Cc3ccc(-c4cnc([C@@H]5C[C@@H](O)CN5C(=O)[C@@H](NC(=O)OC)C(C)C)[nH]4)cc3)cc2)[nH]1)C(C)C. The van der Waals surface area contributed by atoms with Gasteiger partial charge >= 0.3 is 12.2 Å². The van der Waals surface area contributed by atoms with Crippen molar-refractivity contribution in [3.05, 3.63) is 83.7 Å². The average molecular weight is 795 g/mol. The third kappa shape index (κ3) is 9.33. The molecule has 2 aliphatic heterocycles. The molecule has 16 nitrogen and oxygen atoms in total. The second kappa shape index (κ2) is 18.0. The van der Waals surface area contributed by atoms with E-state index in [9.17, 15) is 29.4 Å². The number of imidazole rings is 2. The second-order valence-electron chi connectivity index (χ2n) is 15.3. The van der Waals surface area contributed by atoms with E-state index in [4.69, 9.17) is 9.47 Å². The fourth-order valence-electron chi connectivity index (χ4n) is 7.31. The Morgan fingerprint density at radius 2 is 1.03 bits per heavy atom. The predicted octanol–water partition coefficient (Wildman–Crippen LogP) is 3.90. The average Bonchev–Trinajstić information content (AvgIpc) is 4.04. The second-order valence-corrected chi connectivity index (χ2v) is 15.3. The summed E-state index contributed by atoms with van der Waals surface area (Å²) in [6, 6.07) is 12.7. The molecule has 0 spiro atoms. The minimum atomic E-state index is -0.820. The number of aromatic amines is 2. The zero-order valence-corrected chi connectivity index (χ0v) is 33.4. The van der Waals surface area contributed by atoms with Crippen LogP contribution in [0.1, 0.15) is 75.4 Å². The number of H-pyrrole nitrogens is 2. The van der Waals surface area contributed by atoms with E-state index in [1.54, 1.807) is 22.2 Å². The third-order valence-corrected chi connectivity index (χ3v) is 10.5. The normalized spacial score (nSPS) is 20.0. The number of nitrogens with zero attached hydrogens (tertiary/aromatic N) is 4. The van der Waals surface area contributed by atoms with Gasteiger partial charge in [0.1, 0.15) is 23.7 Å². The van der Waals surface area contributed by atoms with Crippen LogP contribution in [0, 0.1) is 23.7 Å². The van der Waals surface area contributed by atoms with Crippen LogP contribution in [0.5, 0.6) is 0 Å². The number of aromatic nitrogens is 4. The molecule has 16 heteroatoms. The molecule has 4 amide bonds. The van der Waals surface area contributed by atoms with Gasteiger partial charge in [0.15, 0.2) is 0 Å². The molecule has 0 radical (unpaired) electrons. The van der Waals surface area contributed by atoms with Gasteiger partial charge in [-0.25, -0.2) is 19.6 Å². The molecule has 2 aromatic carbocycles. The minimum Gasteiger partial charge on any atom is -0.453 e. The van der Waals surface area contributed by atoms with Crippen molar-refractivity contribution in [2.24, 2.45) is 11.8 Å². The number of ether oxygens (including phenoxy) is 2. The molecule has 2 saturated heterocycles. The van der Waals surface area contributed by atoms with E-state index in [1.807, 2.05) is 76.2 Å². The summed E-state index contributed by atoms with van der Waals surface area (Å²) < 4.78 is 9.43. The van der Waals surface area contributed by atoms with Crippen molar-refractivity contribution in [3.8, 4) is 34.4 Å². The molecule has 0 unspecified atom stereocenters. The van der Waals surface area contributed by atoms with Gasteiger partial charge in [-0.05, 0) is 47.2 Å².